The Balaban J connectivity index is 1.28. The van der Waals surface area contributed by atoms with E-state index in [2.05, 4.69) is 45.4 Å². The first-order valence-electron chi connectivity index (χ1n) is 9.74. The Bertz CT molecular complexity index is 867. The lowest BCUT2D eigenvalue weighted by molar-refractivity contribution is 0.202. The van der Waals surface area contributed by atoms with Crippen LogP contribution in [0.2, 0.25) is 0 Å². The molecule has 2 aromatic carbocycles. The number of hydrogen-bond donors (Lipinski definition) is 0. The minimum absolute atomic E-state index is 0.201. The topological polar surface area (TPSA) is 51.4 Å². The van der Waals surface area contributed by atoms with Crippen LogP contribution in [-0.2, 0) is 19.6 Å². The third kappa shape index (κ3) is 4.95. The van der Waals surface area contributed by atoms with Crippen molar-refractivity contribution in [1.29, 1.82) is 0 Å². The molecule has 146 valence electrons. The van der Waals surface area contributed by atoms with E-state index in [1.807, 2.05) is 0 Å². The molecule has 1 aromatic heterocycles. The second-order valence-electron chi connectivity index (χ2n) is 7.14. The highest BCUT2D eigenvalue weighted by atomic mass is 19.1. The van der Waals surface area contributed by atoms with Crippen LogP contribution in [0.3, 0.4) is 0 Å². The number of likely N-dealkylation sites (tertiary alicyclic amines) is 1. The number of rotatable bonds is 8. The van der Waals surface area contributed by atoms with Crippen LogP contribution in [0, 0.1) is 5.82 Å². The fourth-order valence-corrected chi connectivity index (χ4v) is 3.67. The fourth-order valence-electron chi connectivity index (χ4n) is 3.67. The predicted molar refractivity (Wildman–Crippen MR) is 103 cm³/mol. The molecule has 0 radical (unpaired) electrons. The van der Waals surface area contributed by atoms with Crippen LogP contribution in [0.5, 0.6) is 5.75 Å². The highest BCUT2D eigenvalue weighted by Gasteiger charge is 2.26. The average Bonchev–Trinajstić information content (AvgIpc) is 3.36. The lowest BCUT2D eigenvalue weighted by atomic mass is 10.0. The highest BCUT2D eigenvalue weighted by Crippen LogP contribution is 2.23. The maximum Gasteiger partial charge on any atom is 0.240 e. The van der Waals surface area contributed by atoms with Crippen molar-refractivity contribution < 1.29 is 13.7 Å². The normalized spacial score (nSPS) is 17.1. The van der Waals surface area contributed by atoms with Gasteiger partial charge in [0.25, 0.3) is 0 Å². The lowest BCUT2D eigenvalue weighted by Gasteiger charge is -2.22. The fraction of sp³-hybridized carbons (Fsp3) is 0.364. The van der Waals surface area contributed by atoms with E-state index in [4.69, 9.17) is 9.26 Å². The van der Waals surface area contributed by atoms with E-state index in [1.54, 1.807) is 12.1 Å². The summed E-state index contributed by atoms with van der Waals surface area (Å²) in [4.78, 5) is 6.87. The van der Waals surface area contributed by atoms with Gasteiger partial charge in [-0.2, -0.15) is 4.98 Å². The lowest BCUT2D eigenvalue weighted by Crippen LogP contribution is -2.29. The van der Waals surface area contributed by atoms with Gasteiger partial charge < -0.3 is 9.26 Å². The zero-order valence-electron chi connectivity index (χ0n) is 15.8. The summed E-state index contributed by atoms with van der Waals surface area (Å²) < 4.78 is 23.9. The van der Waals surface area contributed by atoms with Crippen molar-refractivity contribution in [3.8, 4) is 5.75 Å². The molecule has 0 aliphatic carbocycles. The molecule has 1 fully saturated rings. The van der Waals surface area contributed by atoms with Gasteiger partial charge in [-0.25, -0.2) is 4.39 Å². The minimum atomic E-state index is -0.290. The predicted octanol–water partition coefficient (Wildman–Crippen LogP) is 4.38. The summed E-state index contributed by atoms with van der Waals surface area (Å²) in [6.07, 6.45) is 4.64. The molecule has 1 atom stereocenters. The first kappa shape index (κ1) is 18.6. The van der Waals surface area contributed by atoms with Crippen molar-refractivity contribution in [2.75, 3.05) is 6.54 Å². The van der Waals surface area contributed by atoms with Gasteiger partial charge in [-0.1, -0.05) is 35.5 Å². The summed E-state index contributed by atoms with van der Waals surface area (Å²) in [5, 5.41) is 4.00. The molecule has 28 heavy (non-hydrogen) atoms. The maximum absolute atomic E-state index is 12.9. The number of hydrogen-bond acceptors (Lipinski definition) is 5. The highest BCUT2D eigenvalue weighted by molar-refractivity contribution is 5.22. The molecule has 3 aromatic rings. The van der Waals surface area contributed by atoms with Crippen LogP contribution in [-0.4, -0.2) is 27.6 Å². The summed E-state index contributed by atoms with van der Waals surface area (Å²) in [5.74, 6) is 1.40. The van der Waals surface area contributed by atoms with E-state index < -0.39 is 0 Å². The number of ether oxygens (including phenoxy) is 1. The quantitative estimate of drug-likeness (QED) is 0.579. The third-order valence-electron chi connectivity index (χ3n) is 5.14. The van der Waals surface area contributed by atoms with Gasteiger partial charge in [-0.3, -0.25) is 4.90 Å². The molecule has 0 amide bonds. The second-order valence-corrected chi connectivity index (χ2v) is 7.14. The summed E-state index contributed by atoms with van der Waals surface area (Å²) in [6.45, 7) is 1.93. The largest absolute Gasteiger partial charge is 0.485 e. The molecule has 1 aliphatic heterocycles. The number of aryl methyl sites for hydroxylation is 1. The van der Waals surface area contributed by atoms with Crippen molar-refractivity contribution in [3.05, 3.63) is 77.7 Å². The van der Waals surface area contributed by atoms with Gasteiger partial charge in [0.2, 0.25) is 11.7 Å². The first-order chi connectivity index (χ1) is 13.8. The van der Waals surface area contributed by atoms with Crippen molar-refractivity contribution >= 4 is 0 Å². The van der Waals surface area contributed by atoms with Gasteiger partial charge in [-0.15, -0.1) is 0 Å². The molecule has 6 heteroatoms. The molecule has 5 nitrogen and oxygen atoms in total. The number of halogens is 1. The van der Waals surface area contributed by atoms with Crippen molar-refractivity contribution in [2.24, 2.45) is 0 Å². The second kappa shape index (κ2) is 8.97. The summed E-state index contributed by atoms with van der Waals surface area (Å²) in [7, 11) is 0. The smallest absolute Gasteiger partial charge is 0.240 e. The van der Waals surface area contributed by atoms with Crippen LogP contribution >= 0.6 is 0 Å². The van der Waals surface area contributed by atoms with Crippen LogP contribution in [0.15, 0.2) is 59.1 Å². The molecule has 0 spiro atoms. The van der Waals surface area contributed by atoms with Crippen molar-refractivity contribution in [2.45, 2.75) is 44.9 Å². The monoisotopic (exact) mass is 381 g/mol. The Morgan fingerprint density at radius 1 is 1.11 bits per heavy atom. The molecule has 0 N–H and O–H groups in total. The number of aromatic nitrogens is 2. The number of benzene rings is 2. The molecule has 2 heterocycles. The van der Waals surface area contributed by atoms with Crippen LogP contribution < -0.4 is 4.74 Å². The molecule has 0 saturated carbocycles. The van der Waals surface area contributed by atoms with Gasteiger partial charge in [0.15, 0.2) is 6.61 Å². The molecule has 4 rings (SSSR count). The molecular weight excluding hydrogens is 357 g/mol. The number of nitrogens with zero attached hydrogens (tertiary/aromatic N) is 3. The Morgan fingerprint density at radius 2 is 1.93 bits per heavy atom. The van der Waals surface area contributed by atoms with Gasteiger partial charge in [-0.05, 0) is 62.1 Å². The van der Waals surface area contributed by atoms with E-state index in [1.165, 1.54) is 30.5 Å². The van der Waals surface area contributed by atoms with E-state index in [0.717, 1.165) is 19.4 Å². The van der Waals surface area contributed by atoms with Gasteiger partial charge in [0.05, 0.1) is 6.54 Å². The maximum atomic E-state index is 12.9. The van der Waals surface area contributed by atoms with Crippen molar-refractivity contribution in [3.63, 3.8) is 0 Å². The Kier molecular flexibility index (Phi) is 5.97. The molecular formula is C22H24FN3O2. The van der Waals surface area contributed by atoms with E-state index >= 15 is 0 Å². The zero-order chi connectivity index (χ0) is 19.2. The molecule has 0 bridgehead atoms. The summed E-state index contributed by atoms with van der Waals surface area (Å²) in [6, 6.07) is 17.0. The van der Waals surface area contributed by atoms with E-state index in [-0.39, 0.29) is 12.4 Å². The first-order valence-corrected chi connectivity index (χ1v) is 9.74. The SMILES string of the molecule is Fc1ccc(OCc2noc(CN3CCC[C@@H]3CCc3ccccc3)n2)cc1. The molecule has 0 unspecified atom stereocenters. The third-order valence-corrected chi connectivity index (χ3v) is 5.14. The average molecular weight is 381 g/mol. The van der Waals surface area contributed by atoms with Crippen molar-refractivity contribution in [1.82, 2.24) is 15.0 Å². The Hall–Kier alpha value is -2.73. The Morgan fingerprint density at radius 3 is 2.75 bits per heavy atom. The van der Waals surface area contributed by atoms with Gasteiger partial charge in [0.1, 0.15) is 11.6 Å². The Labute approximate surface area is 164 Å². The van der Waals surface area contributed by atoms with Crippen LogP contribution in [0.4, 0.5) is 4.39 Å². The zero-order valence-corrected chi connectivity index (χ0v) is 15.8. The standard InChI is InChI=1S/C22H24FN3O2/c23-18-9-12-20(13-10-18)27-16-21-24-22(28-25-21)15-26-14-4-7-19(26)11-8-17-5-2-1-3-6-17/h1-3,5-6,9-10,12-13,19H,4,7-8,11,14-16H2/t19-/m1/s1. The van der Waals surface area contributed by atoms with Crippen LogP contribution in [0.25, 0.3) is 0 Å². The van der Waals surface area contributed by atoms with Gasteiger partial charge >= 0.3 is 0 Å². The van der Waals surface area contributed by atoms with E-state index in [0.29, 0.717) is 30.1 Å². The van der Waals surface area contributed by atoms with E-state index in [9.17, 15) is 4.39 Å². The van der Waals surface area contributed by atoms with Gasteiger partial charge in [0, 0.05) is 6.04 Å². The minimum Gasteiger partial charge on any atom is -0.485 e. The summed E-state index contributed by atoms with van der Waals surface area (Å²) in [5.41, 5.74) is 1.38. The molecule has 1 saturated heterocycles. The summed E-state index contributed by atoms with van der Waals surface area (Å²) >= 11 is 0. The molecule has 1 aliphatic rings. The van der Waals surface area contributed by atoms with Crippen LogP contribution in [0.1, 0.15) is 36.5 Å².